The monoisotopic (exact) mass is 396 g/mol. The molecule has 0 saturated carbocycles. The molecular weight excluding hydrogens is 376 g/mol. The fraction of sp³-hybridized carbons (Fsp3) is 0.300. The lowest BCUT2D eigenvalue weighted by Gasteiger charge is -2.27. The van der Waals surface area contributed by atoms with Crippen molar-refractivity contribution in [3.63, 3.8) is 0 Å². The predicted molar refractivity (Wildman–Crippen MR) is 107 cm³/mol. The highest BCUT2D eigenvalue weighted by Gasteiger charge is 2.18. The molecule has 1 N–H and O–H groups in total. The number of carbonyl (C=O) groups excluding carboxylic acids is 2. The van der Waals surface area contributed by atoms with Gasteiger partial charge in [-0.05, 0) is 36.6 Å². The number of anilines is 1. The number of carbonyl (C=O) groups is 2. The Kier molecular flexibility index (Phi) is 5.59. The summed E-state index contributed by atoms with van der Waals surface area (Å²) in [6.45, 7) is 1.76. The molecule has 0 atom stereocenters. The highest BCUT2D eigenvalue weighted by molar-refractivity contribution is 7.07. The lowest BCUT2D eigenvalue weighted by Crippen LogP contribution is -2.35. The Morgan fingerprint density at radius 2 is 2.11 bits per heavy atom. The first-order valence-electron chi connectivity index (χ1n) is 9.08. The molecular formula is C20H20N4O3S. The minimum Gasteiger partial charge on any atom is -0.367 e. The van der Waals surface area contributed by atoms with E-state index in [-0.39, 0.29) is 18.4 Å². The largest absolute Gasteiger partial charge is 0.367 e. The lowest BCUT2D eigenvalue weighted by molar-refractivity contribution is -0.126. The normalized spacial score (nSPS) is 17.2. The number of hydrogen-bond acceptors (Lipinski definition) is 6. The number of hydrogen-bond donors (Lipinski definition) is 1. The van der Waals surface area contributed by atoms with E-state index >= 15 is 0 Å². The minimum absolute atomic E-state index is 0.00722. The van der Waals surface area contributed by atoms with Gasteiger partial charge in [0.15, 0.2) is 0 Å². The van der Waals surface area contributed by atoms with Crippen molar-refractivity contribution in [2.24, 2.45) is 0 Å². The van der Waals surface area contributed by atoms with Crippen molar-refractivity contribution in [3.05, 3.63) is 51.6 Å². The number of piperidine rings is 1. The summed E-state index contributed by atoms with van der Waals surface area (Å²) in [5.41, 5.74) is 5.75. The molecule has 144 valence electrons. The average Bonchev–Trinajstić information content (AvgIpc) is 3.14. The van der Waals surface area contributed by atoms with Crippen molar-refractivity contribution >= 4 is 41.1 Å². The Bertz CT molecular complexity index is 927. The van der Waals surface area contributed by atoms with E-state index in [9.17, 15) is 9.59 Å². The molecule has 0 aromatic carbocycles. The Labute approximate surface area is 166 Å². The average molecular weight is 396 g/mol. The molecule has 2 aromatic rings. The van der Waals surface area contributed by atoms with Crippen molar-refractivity contribution < 1.29 is 14.3 Å². The summed E-state index contributed by atoms with van der Waals surface area (Å²) in [6, 6.07) is 1.88. The van der Waals surface area contributed by atoms with Crippen LogP contribution in [0.2, 0.25) is 0 Å². The summed E-state index contributed by atoms with van der Waals surface area (Å²) in [7, 11) is 0. The molecule has 4 heterocycles. The third kappa shape index (κ3) is 4.52. The topological polar surface area (TPSA) is 84.4 Å². The first-order chi connectivity index (χ1) is 13.7. The number of likely N-dealkylation sites (tertiary alicyclic amines) is 1. The molecule has 0 radical (unpaired) electrons. The van der Waals surface area contributed by atoms with E-state index in [2.05, 4.69) is 21.4 Å². The van der Waals surface area contributed by atoms with Crippen molar-refractivity contribution in [3.8, 4) is 0 Å². The maximum absolute atomic E-state index is 12.5. The van der Waals surface area contributed by atoms with Crippen LogP contribution in [0.4, 0.5) is 5.82 Å². The SMILES string of the molecule is O=C1COCc2cc(C=CC(=O)N3CCC(=Cc4cscn4)CC3)cnc2N1. The number of ether oxygens (including phenoxy) is 1. The van der Waals surface area contributed by atoms with Crippen LogP contribution < -0.4 is 5.32 Å². The number of amides is 2. The first kappa shape index (κ1) is 18.5. The van der Waals surface area contributed by atoms with Gasteiger partial charge in [-0.3, -0.25) is 9.59 Å². The second-order valence-corrected chi connectivity index (χ2v) is 7.41. The van der Waals surface area contributed by atoms with E-state index < -0.39 is 0 Å². The van der Waals surface area contributed by atoms with Crippen LogP contribution in [0.15, 0.2) is 34.8 Å². The van der Waals surface area contributed by atoms with Crippen LogP contribution in [0, 0.1) is 0 Å². The van der Waals surface area contributed by atoms with Crippen molar-refractivity contribution in [1.29, 1.82) is 0 Å². The van der Waals surface area contributed by atoms with E-state index in [1.165, 1.54) is 5.57 Å². The fourth-order valence-corrected chi connectivity index (χ4v) is 3.71. The van der Waals surface area contributed by atoms with Gasteiger partial charge >= 0.3 is 0 Å². The molecule has 2 aliphatic heterocycles. The van der Waals surface area contributed by atoms with E-state index in [0.29, 0.717) is 25.5 Å². The zero-order valence-corrected chi connectivity index (χ0v) is 16.1. The Morgan fingerprint density at radius 1 is 1.25 bits per heavy atom. The molecule has 7 nitrogen and oxygen atoms in total. The maximum atomic E-state index is 12.5. The number of pyridine rings is 1. The molecule has 1 fully saturated rings. The lowest BCUT2D eigenvalue weighted by atomic mass is 10.0. The van der Waals surface area contributed by atoms with Crippen LogP contribution in [-0.4, -0.2) is 46.4 Å². The molecule has 4 rings (SSSR count). The molecule has 0 unspecified atom stereocenters. The smallest absolute Gasteiger partial charge is 0.251 e. The van der Waals surface area contributed by atoms with Crippen LogP contribution in [0.5, 0.6) is 0 Å². The van der Waals surface area contributed by atoms with Gasteiger partial charge in [-0.2, -0.15) is 0 Å². The van der Waals surface area contributed by atoms with Crippen molar-refractivity contribution in [2.45, 2.75) is 19.4 Å². The van der Waals surface area contributed by atoms with Crippen LogP contribution in [0.25, 0.3) is 12.2 Å². The van der Waals surface area contributed by atoms with E-state index in [1.807, 2.05) is 21.9 Å². The highest BCUT2D eigenvalue weighted by atomic mass is 32.1. The summed E-state index contributed by atoms with van der Waals surface area (Å²) >= 11 is 1.58. The zero-order valence-electron chi connectivity index (χ0n) is 15.3. The molecule has 0 spiro atoms. The summed E-state index contributed by atoms with van der Waals surface area (Å²) < 4.78 is 5.30. The Balaban J connectivity index is 1.36. The Morgan fingerprint density at radius 3 is 2.89 bits per heavy atom. The molecule has 0 aliphatic carbocycles. The van der Waals surface area contributed by atoms with E-state index in [4.69, 9.17) is 4.74 Å². The fourth-order valence-electron chi connectivity index (χ4n) is 3.20. The quantitative estimate of drug-likeness (QED) is 0.807. The molecule has 2 amide bonds. The molecule has 8 heteroatoms. The number of nitrogens with one attached hydrogen (secondary N) is 1. The predicted octanol–water partition coefficient (Wildman–Crippen LogP) is 2.73. The number of rotatable bonds is 3. The maximum Gasteiger partial charge on any atom is 0.251 e. The van der Waals surface area contributed by atoms with Gasteiger partial charge in [0, 0.05) is 36.3 Å². The van der Waals surface area contributed by atoms with Crippen LogP contribution in [-0.2, 0) is 20.9 Å². The second kappa shape index (κ2) is 8.45. The van der Waals surface area contributed by atoms with Gasteiger partial charge in [0.05, 0.1) is 17.8 Å². The molecule has 2 aliphatic rings. The van der Waals surface area contributed by atoms with Crippen LogP contribution >= 0.6 is 11.3 Å². The molecule has 2 aromatic heterocycles. The number of thiazole rings is 1. The van der Waals surface area contributed by atoms with Crippen LogP contribution in [0.1, 0.15) is 29.7 Å². The number of fused-ring (bicyclic) bond motifs is 1. The first-order valence-corrected chi connectivity index (χ1v) is 10.0. The van der Waals surface area contributed by atoms with Gasteiger partial charge in [-0.1, -0.05) is 5.57 Å². The molecule has 0 bridgehead atoms. The van der Waals surface area contributed by atoms with Gasteiger partial charge < -0.3 is 15.0 Å². The highest BCUT2D eigenvalue weighted by Crippen LogP contribution is 2.21. The van der Waals surface area contributed by atoms with Crippen molar-refractivity contribution in [1.82, 2.24) is 14.9 Å². The third-order valence-corrected chi connectivity index (χ3v) is 5.28. The summed E-state index contributed by atoms with van der Waals surface area (Å²) in [4.78, 5) is 34.4. The molecule has 28 heavy (non-hydrogen) atoms. The summed E-state index contributed by atoms with van der Waals surface area (Å²) in [5, 5.41) is 4.73. The molecule has 1 saturated heterocycles. The standard InChI is InChI=1S/C20H20N4O3S/c25-18-11-27-10-16-7-15(9-21-20(16)23-18)1-2-19(26)24-5-3-14(4-6-24)8-17-12-28-13-22-17/h1-2,7-9,12-13H,3-6,10-11H2,(H,21,23,25). The zero-order chi connectivity index (χ0) is 19.3. The summed E-state index contributed by atoms with van der Waals surface area (Å²) in [5.74, 6) is 0.298. The third-order valence-electron chi connectivity index (χ3n) is 4.68. The number of aromatic nitrogens is 2. The Hall–Kier alpha value is -2.84. The minimum atomic E-state index is -0.210. The van der Waals surface area contributed by atoms with Gasteiger partial charge in [0.2, 0.25) is 5.91 Å². The van der Waals surface area contributed by atoms with Gasteiger partial charge in [-0.15, -0.1) is 11.3 Å². The second-order valence-electron chi connectivity index (χ2n) is 6.69. The van der Waals surface area contributed by atoms with Gasteiger partial charge in [0.25, 0.3) is 5.91 Å². The van der Waals surface area contributed by atoms with Gasteiger partial charge in [0.1, 0.15) is 12.4 Å². The van der Waals surface area contributed by atoms with Gasteiger partial charge in [-0.25, -0.2) is 9.97 Å². The summed E-state index contributed by atoms with van der Waals surface area (Å²) in [6.07, 6.45) is 8.83. The van der Waals surface area contributed by atoms with E-state index in [1.54, 1.807) is 29.7 Å². The number of nitrogens with zero attached hydrogens (tertiary/aromatic N) is 3. The van der Waals surface area contributed by atoms with E-state index in [0.717, 1.165) is 29.7 Å². The van der Waals surface area contributed by atoms with Crippen molar-refractivity contribution in [2.75, 3.05) is 25.0 Å². The van der Waals surface area contributed by atoms with Crippen LogP contribution in [0.3, 0.4) is 0 Å².